The smallest absolute Gasteiger partial charge is 0.164 e. The third kappa shape index (κ3) is 4.36. The highest BCUT2D eigenvalue weighted by molar-refractivity contribution is 6.33. The predicted molar refractivity (Wildman–Crippen MR) is 126 cm³/mol. The monoisotopic (exact) mass is 466 g/mol. The Balaban J connectivity index is 1.58. The Labute approximate surface area is 196 Å². The van der Waals surface area contributed by atoms with Crippen LogP contribution in [0, 0.1) is 17.6 Å². The van der Waals surface area contributed by atoms with Gasteiger partial charge in [0, 0.05) is 13.0 Å². The van der Waals surface area contributed by atoms with Gasteiger partial charge in [-0.2, -0.15) is 0 Å². The van der Waals surface area contributed by atoms with Crippen LogP contribution in [0.25, 0.3) is 22.6 Å². The van der Waals surface area contributed by atoms with Crippen molar-refractivity contribution in [2.75, 3.05) is 0 Å². The van der Waals surface area contributed by atoms with E-state index in [4.69, 9.17) is 21.6 Å². The predicted octanol–water partition coefficient (Wildman–Crippen LogP) is 6.96. The van der Waals surface area contributed by atoms with E-state index in [1.165, 1.54) is 25.0 Å². The van der Waals surface area contributed by atoms with Crippen LogP contribution in [0.5, 0.6) is 0 Å². The second kappa shape index (κ2) is 9.18. The van der Waals surface area contributed by atoms with Gasteiger partial charge in [0.05, 0.1) is 16.8 Å². The van der Waals surface area contributed by atoms with E-state index in [1.54, 1.807) is 30.5 Å². The summed E-state index contributed by atoms with van der Waals surface area (Å²) in [5, 5.41) is 0.319. The van der Waals surface area contributed by atoms with E-state index in [9.17, 15) is 8.78 Å². The van der Waals surface area contributed by atoms with Crippen molar-refractivity contribution in [3.8, 4) is 11.4 Å². The molecule has 2 aromatic carbocycles. The van der Waals surface area contributed by atoms with Gasteiger partial charge in [-0.15, -0.1) is 0 Å². The van der Waals surface area contributed by atoms with Crippen molar-refractivity contribution in [1.29, 1.82) is 0 Å². The van der Waals surface area contributed by atoms with Crippen LogP contribution in [0.15, 0.2) is 48.7 Å². The van der Waals surface area contributed by atoms with Gasteiger partial charge in [-0.25, -0.2) is 23.7 Å². The maximum absolute atomic E-state index is 14.8. The first-order valence-electron chi connectivity index (χ1n) is 11.4. The molecule has 33 heavy (non-hydrogen) atoms. The molecule has 0 radical (unpaired) electrons. The summed E-state index contributed by atoms with van der Waals surface area (Å²) in [4.78, 5) is 14.0. The maximum Gasteiger partial charge on any atom is 0.164 e. The first kappa shape index (κ1) is 22.0. The summed E-state index contributed by atoms with van der Waals surface area (Å²) in [6, 6.07) is 11.4. The molecule has 1 atom stereocenters. The molecule has 1 saturated carbocycles. The van der Waals surface area contributed by atoms with Crippen molar-refractivity contribution in [3.05, 3.63) is 76.7 Å². The van der Waals surface area contributed by atoms with Crippen LogP contribution in [0.2, 0.25) is 5.02 Å². The van der Waals surface area contributed by atoms with E-state index in [-0.39, 0.29) is 17.3 Å². The molecule has 4 aromatic rings. The first-order chi connectivity index (χ1) is 16.0. The molecule has 0 aliphatic heterocycles. The lowest BCUT2D eigenvalue weighted by molar-refractivity contribution is 0.464. The molecule has 0 amide bonds. The zero-order valence-electron chi connectivity index (χ0n) is 18.4. The quantitative estimate of drug-likeness (QED) is 0.308. The van der Waals surface area contributed by atoms with Gasteiger partial charge >= 0.3 is 0 Å². The van der Waals surface area contributed by atoms with Gasteiger partial charge in [0.15, 0.2) is 5.65 Å². The fourth-order valence-electron chi connectivity index (χ4n) is 4.84. The van der Waals surface area contributed by atoms with Crippen molar-refractivity contribution in [2.24, 2.45) is 5.92 Å². The second-order valence-electron chi connectivity index (χ2n) is 8.91. The highest BCUT2D eigenvalue weighted by Crippen LogP contribution is 2.35. The molecule has 4 nitrogen and oxygen atoms in total. The molecular weight excluding hydrogens is 442 g/mol. The Morgan fingerprint density at radius 1 is 1.03 bits per heavy atom. The second-order valence-corrected chi connectivity index (χ2v) is 9.32. The zero-order valence-corrected chi connectivity index (χ0v) is 19.2. The Kier molecular flexibility index (Phi) is 6.11. The highest BCUT2D eigenvalue weighted by atomic mass is 35.5. The molecule has 1 aliphatic rings. The Morgan fingerprint density at radius 3 is 2.55 bits per heavy atom. The molecule has 0 bridgehead atoms. The largest absolute Gasteiger partial charge is 0.308 e. The van der Waals surface area contributed by atoms with E-state index < -0.39 is 5.82 Å². The highest BCUT2D eigenvalue weighted by Gasteiger charge is 2.24. The van der Waals surface area contributed by atoms with E-state index in [1.807, 2.05) is 17.6 Å². The van der Waals surface area contributed by atoms with Crippen LogP contribution < -0.4 is 0 Å². The van der Waals surface area contributed by atoms with Crippen LogP contribution in [-0.2, 0) is 13.0 Å². The molecule has 5 rings (SSSR count). The fourth-order valence-corrected chi connectivity index (χ4v) is 5.08. The van der Waals surface area contributed by atoms with Crippen LogP contribution in [-0.4, -0.2) is 19.5 Å². The van der Waals surface area contributed by atoms with E-state index in [2.05, 4.69) is 4.98 Å². The molecule has 2 heterocycles. The number of benzene rings is 2. The van der Waals surface area contributed by atoms with Gasteiger partial charge in [-0.3, -0.25) is 0 Å². The SMILES string of the molecule is C[C@H](Cc1ncc2nc(-c3c(F)cccc3Cl)n(CC3CCCC3)c2n1)c1ccccc1F. The summed E-state index contributed by atoms with van der Waals surface area (Å²) in [6.07, 6.45) is 6.83. The van der Waals surface area contributed by atoms with Crippen LogP contribution in [0.4, 0.5) is 8.78 Å². The number of rotatable bonds is 6. The Hall–Kier alpha value is -2.86. The third-order valence-corrected chi connectivity index (χ3v) is 6.88. The van der Waals surface area contributed by atoms with Gasteiger partial charge in [-0.1, -0.05) is 55.6 Å². The minimum Gasteiger partial charge on any atom is -0.308 e. The minimum absolute atomic E-state index is 0.0877. The molecule has 2 aromatic heterocycles. The van der Waals surface area contributed by atoms with E-state index >= 15 is 0 Å². The lowest BCUT2D eigenvalue weighted by Crippen LogP contribution is -2.11. The average Bonchev–Trinajstić information content (AvgIpc) is 3.43. The number of halogens is 3. The standard InChI is InChI=1S/C26H25ClF2N4/c1-16(18-9-4-5-11-20(18)28)13-23-30-14-22-25(32-23)33(15-17-7-2-3-8-17)26(31-22)24-19(27)10-6-12-21(24)29/h4-6,9-12,14,16-17H,2-3,7-8,13,15H2,1H3/t16-/m1/s1. The van der Waals surface area contributed by atoms with E-state index in [0.717, 1.165) is 12.8 Å². The summed E-state index contributed by atoms with van der Waals surface area (Å²) < 4.78 is 31.1. The van der Waals surface area contributed by atoms with Crippen molar-refractivity contribution >= 4 is 22.8 Å². The number of hydrogen-bond acceptors (Lipinski definition) is 3. The van der Waals surface area contributed by atoms with Gasteiger partial charge in [0.2, 0.25) is 0 Å². The van der Waals surface area contributed by atoms with Gasteiger partial charge < -0.3 is 4.57 Å². The van der Waals surface area contributed by atoms with Crippen molar-refractivity contribution < 1.29 is 8.78 Å². The minimum atomic E-state index is -0.410. The summed E-state index contributed by atoms with van der Waals surface area (Å²) in [7, 11) is 0. The lowest BCUT2D eigenvalue weighted by atomic mass is 9.97. The molecule has 7 heteroatoms. The normalized spacial score (nSPS) is 15.4. The fraction of sp³-hybridized carbons (Fsp3) is 0.346. The number of imidazole rings is 1. The number of fused-ring (bicyclic) bond motifs is 1. The number of hydrogen-bond donors (Lipinski definition) is 0. The van der Waals surface area contributed by atoms with Gasteiger partial charge in [0.25, 0.3) is 0 Å². The van der Waals surface area contributed by atoms with Crippen molar-refractivity contribution in [3.63, 3.8) is 0 Å². The van der Waals surface area contributed by atoms with Crippen LogP contribution in [0.3, 0.4) is 0 Å². The molecule has 1 aliphatic carbocycles. The van der Waals surface area contributed by atoms with Crippen molar-refractivity contribution in [1.82, 2.24) is 19.5 Å². The number of nitrogens with zero attached hydrogens (tertiary/aromatic N) is 4. The summed E-state index contributed by atoms with van der Waals surface area (Å²) in [5.74, 6) is 0.851. The van der Waals surface area contributed by atoms with Crippen LogP contribution in [0.1, 0.15) is 49.9 Å². The molecule has 170 valence electrons. The molecular formula is C26H25ClF2N4. The number of aromatic nitrogens is 4. The van der Waals surface area contributed by atoms with E-state index in [0.29, 0.717) is 52.3 Å². The topological polar surface area (TPSA) is 43.6 Å². The lowest BCUT2D eigenvalue weighted by Gasteiger charge is -2.15. The summed E-state index contributed by atoms with van der Waals surface area (Å²) >= 11 is 6.40. The van der Waals surface area contributed by atoms with Gasteiger partial charge in [0.1, 0.15) is 28.8 Å². The van der Waals surface area contributed by atoms with Crippen molar-refractivity contribution in [2.45, 2.75) is 51.5 Å². The third-order valence-electron chi connectivity index (χ3n) is 6.56. The van der Waals surface area contributed by atoms with Crippen LogP contribution >= 0.6 is 11.6 Å². The zero-order chi connectivity index (χ0) is 22.9. The maximum atomic E-state index is 14.8. The molecule has 1 fully saturated rings. The summed E-state index contributed by atoms with van der Waals surface area (Å²) in [6.45, 7) is 2.67. The Morgan fingerprint density at radius 2 is 1.79 bits per heavy atom. The summed E-state index contributed by atoms with van der Waals surface area (Å²) in [5.41, 5.74) is 2.20. The molecule has 0 N–H and O–H groups in total. The molecule has 0 saturated heterocycles. The molecule has 0 unspecified atom stereocenters. The Bertz CT molecular complexity index is 1280. The molecule has 0 spiro atoms. The average molecular weight is 467 g/mol. The first-order valence-corrected chi connectivity index (χ1v) is 11.8. The van der Waals surface area contributed by atoms with Gasteiger partial charge in [-0.05, 0) is 48.4 Å².